The van der Waals surface area contributed by atoms with Crippen molar-refractivity contribution in [3.05, 3.63) is 41.5 Å². The van der Waals surface area contributed by atoms with Gasteiger partial charge in [0.2, 0.25) is 0 Å². The molecule has 0 saturated heterocycles. The van der Waals surface area contributed by atoms with Crippen molar-refractivity contribution >= 4 is 17.5 Å². The third-order valence-corrected chi connectivity index (χ3v) is 4.96. The molecule has 1 aromatic carbocycles. The lowest BCUT2D eigenvalue weighted by Gasteiger charge is -2.18. The summed E-state index contributed by atoms with van der Waals surface area (Å²) >= 11 is 0. The average Bonchev–Trinajstić information content (AvgIpc) is 3.09. The van der Waals surface area contributed by atoms with Crippen molar-refractivity contribution < 1.29 is 14.3 Å². The van der Waals surface area contributed by atoms with Crippen LogP contribution in [0.3, 0.4) is 0 Å². The Morgan fingerprint density at radius 2 is 2.00 bits per heavy atom. The lowest BCUT2D eigenvalue weighted by atomic mass is 10.1. The Balaban J connectivity index is 1.89. The first-order chi connectivity index (χ1) is 13.5. The van der Waals surface area contributed by atoms with E-state index in [2.05, 4.69) is 15.6 Å². The van der Waals surface area contributed by atoms with Crippen molar-refractivity contribution in [2.45, 2.75) is 59.0 Å². The molecule has 1 aromatic heterocycles. The van der Waals surface area contributed by atoms with Crippen LogP contribution in [0.5, 0.6) is 5.75 Å². The van der Waals surface area contributed by atoms with E-state index in [1.54, 1.807) is 6.07 Å². The van der Waals surface area contributed by atoms with Gasteiger partial charge in [-0.05, 0) is 51.7 Å². The number of carbonyl (C=O) groups excluding carboxylic acids is 2. The average molecular weight is 384 g/mol. The number of amides is 2. The molecule has 2 N–H and O–H groups in total. The third-order valence-electron chi connectivity index (χ3n) is 4.96. The molecule has 1 aliphatic heterocycles. The fourth-order valence-corrected chi connectivity index (χ4v) is 3.32. The van der Waals surface area contributed by atoms with Crippen LogP contribution in [0.4, 0.5) is 5.69 Å². The number of hydrogen-bond donors (Lipinski definition) is 2. The number of nitrogens with zero attached hydrogens (tertiary/aromatic N) is 2. The molecule has 28 heavy (non-hydrogen) atoms. The van der Waals surface area contributed by atoms with Crippen LogP contribution in [0.1, 0.15) is 66.8 Å². The summed E-state index contributed by atoms with van der Waals surface area (Å²) in [5, 5.41) is 5.84. The highest BCUT2D eigenvalue weighted by atomic mass is 16.5. The summed E-state index contributed by atoms with van der Waals surface area (Å²) in [6, 6.07) is 7.35. The van der Waals surface area contributed by atoms with Crippen LogP contribution in [0, 0.1) is 0 Å². The number of anilines is 1. The molecule has 0 bridgehead atoms. The monoisotopic (exact) mass is 384 g/mol. The van der Waals surface area contributed by atoms with E-state index >= 15 is 0 Å². The van der Waals surface area contributed by atoms with Crippen molar-refractivity contribution in [2.75, 3.05) is 11.9 Å². The zero-order chi connectivity index (χ0) is 20.1. The number of aromatic nitrogens is 2. The predicted octanol–water partition coefficient (Wildman–Crippen LogP) is 3.40. The molecule has 2 heterocycles. The Labute approximate surface area is 165 Å². The Morgan fingerprint density at radius 3 is 2.75 bits per heavy atom. The van der Waals surface area contributed by atoms with Gasteiger partial charge in [-0.1, -0.05) is 19.1 Å². The van der Waals surface area contributed by atoms with Crippen LogP contribution in [-0.4, -0.2) is 34.0 Å². The van der Waals surface area contributed by atoms with Gasteiger partial charge in [-0.25, -0.2) is 4.98 Å². The number of para-hydroxylation sites is 2. The predicted molar refractivity (Wildman–Crippen MR) is 108 cm³/mol. The number of fused-ring (bicyclic) bond motifs is 1. The normalized spacial score (nSPS) is 14.1. The lowest BCUT2D eigenvalue weighted by Crippen LogP contribution is -2.33. The maximum Gasteiger partial charge on any atom is 0.291 e. The van der Waals surface area contributed by atoms with Crippen LogP contribution >= 0.6 is 0 Å². The molecular weight excluding hydrogens is 356 g/mol. The number of hydrogen-bond acceptors (Lipinski definition) is 4. The summed E-state index contributed by atoms with van der Waals surface area (Å²) in [6.07, 6.45) is 3.54. The maximum absolute atomic E-state index is 13.0. The molecule has 7 heteroatoms. The molecule has 1 atom stereocenters. The van der Waals surface area contributed by atoms with Crippen LogP contribution in [0.25, 0.3) is 0 Å². The number of ether oxygens (including phenoxy) is 1. The molecule has 0 aliphatic carbocycles. The summed E-state index contributed by atoms with van der Waals surface area (Å²) in [5.41, 5.74) is 1.80. The van der Waals surface area contributed by atoms with Gasteiger partial charge in [0.05, 0.1) is 18.0 Å². The van der Waals surface area contributed by atoms with E-state index in [4.69, 9.17) is 4.74 Å². The first-order valence-electron chi connectivity index (χ1n) is 9.98. The van der Waals surface area contributed by atoms with E-state index in [-0.39, 0.29) is 23.7 Å². The number of nitrogens with one attached hydrogen (secondary N) is 2. The minimum absolute atomic E-state index is 0.0591. The second-order valence-corrected chi connectivity index (χ2v) is 7.01. The molecule has 2 aromatic rings. The molecule has 1 unspecified atom stereocenters. The van der Waals surface area contributed by atoms with Crippen molar-refractivity contribution in [1.29, 1.82) is 0 Å². The number of carbonyl (C=O) groups is 2. The summed E-state index contributed by atoms with van der Waals surface area (Å²) in [6.45, 7) is 7.06. The SMILES string of the molecule is CCOc1ccccc1NC(=O)c1nc(C(=O)NC(C)CC)c2n1CCCC2. The minimum Gasteiger partial charge on any atom is -0.492 e. The third kappa shape index (κ3) is 4.18. The molecule has 0 fully saturated rings. The van der Waals surface area contributed by atoms with Gasteiger partial charge in [-0.3, -0.25) is 9.59 Å². The molecule has 7 nitrogen and oxygen atoms in total. The van der Waals surface area contributed by atoms with Gasteiger partial charge in [-0.15, -0.1) is 0 Å². The minimum atomic E-state index is -0.335. The first kappa shape index (κ1) is 19.9. The molecular formula is C21H28N4O3. The quantitative estimate of drug-likeness (QED) is 0.766. The Bertz CT molecular complexity index is 859. The van der Waals surface area contributed by atoms with Gasteiger partial charge >= 0.3 is 0 Å². The zero-order valence-corrected chi connectivity index (χ0v) is 16.7. The summed E-state index contributed by atoms with van der Waals surface area (Å²) in [4.78, 5) is 30.1. The molecule has 0 saturated carbocycles. The fourth-order valence-electron chi connectivity index (χ4n) is 3.32. The Morgan fingerprint density at radius 1 is 1.21 bits per heavy atom. The van der Waals surface area contributed by atoms with Crippen LogP contribution in [0.15, 0.2) is 24.3 Å². The molecule has 0 spiro atoms. The topological polar surface area (TPSA) is 85.2 Å². The Kier molecular flexibility index (Phi) is 6.34. The van der Waals surface area contributed by atoms with Gasteiger partial charge < -0.3 is 19.9 Å². The Hall–Kier alpha value is -2.83. The highest BCUT2D eigenvalue weighted by Gasteiger charge is 2.28. The van der Waals surface area contributed by atoms with E-state index < -0.39 is 0 Å². The molecule has 150 valence electrons. The summed E-state index contributed by atoms with van der Waals surface area (Å²) < 4.78 is 7.46. The molecule has 2 amide bonds. The standard InChI is InChI=1S/C21H28N4O3/c1-4-14(3)22-20(26)18-16-11-8-9-13-25(16)19(24-18)21(27)23-15-10-6-7-12-17(15)28-5-2/h6-7,10,12,14H,4-5,8-9,11,13H2,1-3H3,(H,22,26)(H,23,27). The summed E-state index contributed by atoms with van der Waals surface area (Å²) in [5.74, 6) is 0.334. The van der Waals surface area contributed by atoms with Gasteiger partial charge in [0, 0.05) is 12.6 Å². The number of imidazole rings is 1. The zero-order valence-electron chi connectivity index (χ0n) is 16.7. The van der Waals surface area contributed by atoms with E-state index in [1.807, 2.05) is 43.5 Å². The van der Waals surface area contributed by atoms with Gasteiger partial charge in [0.25, 0.3) is 11.8 Å². The van der Waals surface area contributed by atoms with Gasteiger partial charge in [-0.2, -0.15) is 0 Å². The number of rotatable bonds is 7. The van der Waals surface area contributed by atoms with Crippen molar-refractivity contribution in [2.24, 2.45) is 0 Å². The van der Waals surface area contributed by atoms with Gasteiger partial charge in [0.1, 0.15) is 11.4 Å². The lowest BCUT2D eigenvalue weighted by molar-refractivity contribution is 0.0933. The fraction of sp³-hybridized carbons (Fsp3) is 0.476. The largest absolute Gasteiger partial charge is 0.492 e. The van der Waals surface area contributed by atoms with E-state index in [1.165, 1.54) is 0 Å². The molecule has 0 radical (unpaired) electrons. The van der Waals surface area contributed by atoms with E-state index in [0.717, 1.165) is 31.4 Å². The van der Waals surface area contributed by atoms with Crippen LogP contribution in [-0.2, 0) is 13.0 Å². The van der Waals surface area contributed by atoms with Crippen LogP contribution in [0.2, 0.25) is 0 Å². The smallest absolute Gasteiger partial charge is 0.291 e. The van der Waals surface area contributed by atoms with Crippen LogP contribution < -0.4 is 15.4 Å². The number of benzene rings is 1. The van der Waals surface area contributed by atoms with Gasteiger partial charge in [0.15, 0.2) is 5.82 Å². The highest BCUT2D eigenvalue weighted by Crippen LogP contribution is 2.26. The first-order valence-corrected chi connectivity index (χ1v) is 9.98. The highest BCUT2D eigenvalue weighted by molar-refractivity contribution is 6.04. The molecule has 3 rings (SSSR count). The maximum atomic E-state index is 13.0. The van der Waals surface area contributed by atoms with Crippen molar-refractivity contribution in [1.82, 2.24) is 14.9 Å². The van der Waals surface area contributed by atoms with E-state index in [0.29, 0.717) is 30.3 Å². The second kappa shape index (κ2) is 8.91. The molecule has 1 aliphatic rings. The second-order valence-electron chi connectivity index (χ2n) is 7.01. The van der Waals surface area contributed by atoms with E-state index in [9.17, 15) is 9.59 Å². The van der Waals surface area contributed by atoms with Crippen molar-refractivity contribution in [3.8, 4) is 5.75 Å². The summed E-state index contributed by atoms with van der Waals surface area (Å²) in [7, 11) is 0. The van der Waals surface area contributed by atoms with Crippen molar-refractivity contribution in [3.63, 3.8) is 0 Å².